The van der Waals surface area contributed by atoms with Crippen molar-refractivity contribution < 1.29 is 20.1 Å². The van der Waals surface area contributed by atoms with Gasteiger partial charge in [0.15, 0.2) is 0 Å². The van der Waals surface area contributed by atoms with Crippen LogP contribution in [0.2, 0.25) is 5.02 Å². The average Bonchev–Trinajstić information content (AvgIpc) is 2.36. The number of aliphatic hydroxyl groups is 3. The van der Waals surface area contributed by atoms with Gasteiger partial charge in [-0.2, -0.15) is 0 Å². The van der Waals surface area contributed by atoms with Gasteiger partial charge in [-0.25, -0.2) is 0 Å². The number of aliphatic hydroxyl groups excluding tert-OH is 3. The highest BCUT2D eigenvalue weighted by Crippen LogP contribution is 2.14. The van der Waals surface area contributed by atoms with E-state index < -0.39 is 31.3 Å². The van der Waals surface area contributed by atoms with Gasteiger partial charge >= 0.3 is 0 Å². The lowest BCUT2D eigenvalue weighted by Gasteiger charge is -2.28. The van der Waals surface area contributed by atoms with Crippen LogP contribution < -0.4 is 5.32 Å². The first-order valence-electron chi connectivity index (χ1n) is 4.83. The summed E-state index contributed by atoms with van der Waals surface area (Å²) in [6.45, 7) is -1.77. The molecule has 0 aliphatic rings. The van der Waals surface area contributed by atoms with Crippen molar-refractivity contribution >= 4 is 17.5 Å². The van der Waals surface area contributed by atoms with E-state index in [0.717, 1.165) is 0 Å². The van der Waals surface area contributed by atoms with Crippen molar-refractivity contribution in [2.45, 2.75) is 5.54 Å². The summed E-state index contributed by atoms with van der Waals surface area (Å²) < 4.78 is 0. The van der Waals surface area contributed by atoms with Crippen molar-refractivity contribution in [2.75, 3.05) is 19.8 Å². The third-order valence-electron chi connectivity index (χ3n) is 2.30. The van der Waals surface area contributed by atoms with Crippen LogP contribution in [0, 0.1) is 0 Å². The fourth-order valence-electron chi connectivity index (χ4n) is 1.14. The van der Waals surface area contributed by atoms with Crippen molar-refractivity contribution in [3.63, 3.8) is 0 Å². The summed E-state index contributed by atoms with van der Waals surface area (Å²) in [6, 6.07) is 1.40. The predicted octanol–water partition coefficient (Wildman–Crippen LogP) is -0.819. The van der Waals surface area contributed by atoms with E-state index in [0.29, 0.717) is 0 Å². The molecule has 6 nitrogen and oxygen atoms in total. The Morgan fingerprint density at radius 2 is 1.94 bits per heavy atom. The highest BCUT2D eigenvalue weighted by atomic mass is 35.5. The molecule has 0 bridgehead atoms. The maximum absolute atomic E-state index is 11.8. The summed E-state index contributed by atoms with van der Waals surface area (Å²) in [5.41, 5.74) is -1.31. The quantitative estimate of drug-likeness (QED) is 0.554. The van der Waals surface area contributed by atoms with Gasteiger partial charge in [0.2, 0.25) is 0 Å². The van der Waals surface area contributed by atoms with Crippen LogP contribution in [0.3, 0.4) is 0 Å². The normalized spacial score (nSPS) is 11.3. The van der Waals surface area contributed by atoms with Gasteiger partial charge in [0.25, 0.3) is 5.91 Å². The Balaban J connectivity index is 2.89. The predicted molar refractivity (Wildman–Crippen MR) is 60.7 cm³/mol. The minimum atomic E-state index is -1.47. The molecule has 0 radical (unpaired) electrons. The fourth-order valence-corrected chi connectivity index (χ4v) is 1.34. The number of hydrogen-bond donors (Lipinski definition) is 4. The highest BCUT2D eigenvalue weighted by molar-refractivity contribution is 6.33. The second kappa shape index (κ2) is 5.92. The molecule has 0 saturated carbocycles. The molecule has 0 atom stereocenters. The second-order valence-corrected chi connectivity index (χ2v) is 3.97. The molecule has 0 fully saturated rings. The number of pyridine rings is 1. The molecular formula is C10H13ClN2O4. The number of amides is 1. The summed E-state index contributed by atoms with van der Waals surface area (Å²) in [5.74, 6) is -0.602. The van der Waals surface area contributed by atoms with E-state index in [2.05, 4.69) is 10.3 Å². The Morgan fingerprint density at radius 3 is 2.41 bits per heavy atom. The lowest BCUT2D eigenvalue weighted by molar-refractivity contribution is 0.0375. The highest BCUT2D eigenvalue weighted by Gasteiger charge is 2.30. The first-order chi connectivity index (χ1) is 8.08. The van der Waals surface area contributed by atoms with Gasteiger partial charge in [0, 0.05) is 12.4 Å². The lowest BCUT2D eigenvalue weighted by Crippen LogP contribution is -2.57. The Bertz CT molecular complexity index is 387. The first-order valence-corrected chi connectivity index (χ1v) is 5.21. The average molecular weight is 261 g/mol. The topological polar surface area (TPSA) is 103 Å². The fraction of sp³-hybridized carbons (Fsp3) is 0.400. The number of nitrogens with zero attached hydrogens (tertiary/aromatic N) is 1. The molecule has 0 aliphatic heterocycles. The molecule has 7 heteroatoms. The van der Waals surface area contributed by atoms with Crippen molar-refractivity contribution in [1.82, 2.24) is 10.3 Å². The molecule has 1 heterocycles. The maximum Gasteiger partial charge on any atom is 0.253 e. The molecule has 0 spiro atoms. The number of carbonyl (C=O) groups excluding carboxylic acids is 1. The number of hydrogen-bond acceptors (Lipinski definition) is 5. The molecule has 1 aromatic rings. The Labute approximate surface area is 103 Å². The van der Waals surface area contributed by atoms with E-state index in [1.54, 1.807) is 0 Å². The van der Waals surface area contributed by atoms with Gasteiger partial charge in [-0.1, -0.05) is 11.6 Å². The standard InChI is InChI=1S/C10H13ClN2O4/c11-8-3-12-2-1-7(8)9(17)13-10(4-14,5-15)6-16/h1-3,14-16H,4-6H2,(H,13,17). The van der Waals surface area contributed by atoms with Crippen molar-refractivity contribution in [2.24, 2.45) is 0 Å². The maximum atomic E-state index is 11.8. The van der Waals surface area contributed by atoms with E-state index in [1.165, 1.54) is 18.5 Å². The van der Waals surface area contributed by atoms with E-state index in [-0.39, 0.29) is 10.6 Å². The van der Waals surface area contributed by atoms with Gasteiger partial charge in [0.05, 0.1) is 30.4 Å². The monoisotopic (exact) mass is 260 g/mol. The van der Waals surface area contributed by atoms with Gasteiger partial charge in [-0.15, -0.1) is 0 Å². The van der Waals surface area contributed by atoms with Crippen LogP contribution in [0.4, 0.5) is 0 Å². The summed E-state index contributed by atoms with van der Waals surface area (Å²) in [7, 11) is 0. The molecule has 1 amide bonds. The summed E-state index contributed by atoms with van der Waals surface area (Å²) in [5, 5.41) is 29.7. The molecule has 1 rings (SSSR count). The van der Waals surface area contributed by atoms with Crippen LogP contribution in [0.1, 0.15) is 10.4 Å². The molecule has 0 aliphatic carbocycles. The zero-order valence-electron chi connectivity index (χ0n) is 8.93. The van der Waals surface area contributed by atoms with Crippen LogP contribution in [0.15, 0.2) is 18.5 Å². The van der Waals surface area contributed by atoms with Crippen LogP contribution in [-0.4, -0.2) is 51.6 Å². The Hall–Kier alpha value is -1.21. The van der Waals surface area contributed by atoms with Crippen LogP contribution in [0.5, 0.6) is 0 Å². The van der Waals surface area contributed by atoms with E-state index in [9.17, 15) is 4.79 Å². The smallest absolute Gasteiger partial charge is 0.253 e. The van der Waals surface area contributed by atoms with Crippen LogP contribution in [-0.2, 0) is 0 Å². The van der Waals surface area contributed by atoms with E-state index in [1.807, 2.05) is 0 Å². The third-order valence-corrected chi connectivity index (χ3v) is 2.60. The first kappa shape index (κ1) is 13.9. The van der Waals surface area contributed by atoms with Crippen LogP contribution in [0.25, 0.3) is 0 Å². The van der Waals surface area contributed by atoms with Gasteiger partial charge in [-0.05, 0) is 6.07 Å². The number of aromatic nitrogens is 1. The minimum absolute atomic E-state index is 0.146. The number of carbonyl (C=O) groups is 1. The molecular weight excluding hydrogens is 248 g/mol. The molecule has 4 N–H and O–H groups in total. The zero-order valence-corrected chi connectivity index (χ0v) is 9.68. The van der Waals surface area contributed by atoms with Gasteiger partial charge in [-0.3, -0.25) is 9.78 Å². The SMILES string of the molecule is O=C(NC(CO)(CO)CO)c1ccncc1Cl. The van der Waals surface area contributed by atoms with Crippen molar-refractivity contribution in [3.05, 3.63) is 29.0 Å². The van der Waals surface area contributed by atoms with Gasteiger partial charge in [0.1, 0.15) is 5.54 Å². The van der Waals surface area contributed by atoms with E-state index in [4.69, 9.17) is 26.9 Å². The second-order valence-electron chi connectivity index (χ2n) is 3.56. The summed E-state index contributed by atoms with van der Waals surface area (Å²) >= 11 is 5.77. The van der Waals surface area contributed by atoms with Crippen LogP contribution >= 0.6 is 11.6 Å². The summed E-state index contributed by atoms with van der Waals surface area (Å²) in [6.07, 6.45) is 2.69. The molecule has 0 saturated heterocycles. The molecule has 1 aromatic heterocycles. The zero-order chi connectivity index (χ0) is 12.9. The molecule has 0 aromatic carbocycles. The number of halogens is 1. The van der Waals surface area contributed by atoms with Gasteiger partial charge < -0.3 is 20.6 Å². The van der Waals surface area contributed by atoms with E-state index >= 15 is 0 Å². The molecule has 0 unspecified atom stereocenters. The van der Waals surface area contributed by atoms with Crippen molar-refractivity contribution in [3.8, 4) is 0 Å². The van der Waals surface area contributed by atoms with Crippen molar-refractivity contribution in [1.29, 1.82) is 0 Å². The largest absolute Gasteiger partial charge is 0.394 e. The number of rotatable bonds is 5. The number of nitrogens with one attached hydrogen (secondary N) is 1. The Morgan fingerprint density at radius 1 is 1.35 bits per heavy atom. The third kappa shape index (κ3) is 3.13. The lowest BCUT2D eigenvalue weighted by atomic mass is 10.0. The molecule has 17 heavy (non-hydrogen) atoms. The molecule has 94 valence electrons. The Kier molecular flexibility index (Phi) is 4.83. The summed E-state index contributed by atoms with van der Waals surface area (Å²) in [4.78, 5) is 15.5. The minimum Gasteiger partial charge on any atom is -0.394 e.